The predicted octanol–water partition coefficient (Wildman–Crippen LogP) is 3.43. The highest BCUT2D eigenvalue weighted by atomic mass is 16.1. The van der Waals surface area contributed by atoms with E-state index in [9.17, 15) is 4.79 Å². The maximum absolute atomic E-state index is 12.8. The van der Waals surface area contributed by atoms with Crippen molar-refractivity contribution in [2.45, 2.75) is 19.3 Å². The van der Waals surface area contributed by atoms with Gasteiger partial charge in [0.1, 0.15) is 17.8 Å². The number of rotatable bonds is 7. The second-order valence-electron chi connectivity index (χ2n) is 7.96. The van der Waals surface area contributed by atoms with Gasteiger partial charge in [0.05, 0.1) is 23.3 Å². The van der Waals surface area contributed by atoms with Crippen LogP contribution in [0.5, 0.6) is 0 Å². The summed E-state index contributed by atoms with van der Waals surface area (Å²) in [6.45, 7) is 2.11. The number of Topliss-reactive ketones (excluding diaryl/α,β-unsaturated/α-hetero) is 1. The van der Waals surface area contributed by atoms with Crippen molar-refractivity contribution in [3.63, 3.8) is 0 Å². The van der Waals surface area contributed by atoms with Gasteiger partial charge in [-0.1, -0.05) is 12.1 Å². The summed E-state index contributed by atoms with van der Waals surface area (Å²) in [6.07, 6.45) is 9.82. The van der Waals surface area contributed by atoms with Crippen molar-refractivity contribution < 1.29 is 4.79 Å². The van der Waals surface area contributed by atoms with Gasteiger partial charge in [-0.25, -0.2) is 14.6 Å². The molecule has 1 aliphatic rings. The minimum absolute atomic E-state index is 0.219. The Morgan fingerprint density at radius 3 is 3.03 bits per heavy atom. The number of carbonyl (C=O) groups excluding carboxylic acids is 1. The molecule has 0 amide bonds. The fourth-order valence-corrected chi connectivity index (χ4v) is 4.36. The summed E-state index contributed by atoms with van der Waals surface area (Å²) in [5.41, 5.74) is 2.69. The third-order valence-electron chi connectivity index (χ3n) is 5.80. The Labute approximate surface area is 180 Å². The fourth-order valence-electron chi connectivity index (χ4n) is 4.36. The molecule has 158 valence electrons. The summed E-state index contributed by atoms with van der Waals surface area (Å²) in [7, 11) is 0. The fraction of sp³-hybridized carbons (Fsp3) is 0.304. The highest BCUT2D eigenvalue weighted by Crippen LogP contribution is 2.28. The van der Waals surface area contributed by atoms with Gasteiger partial charge in [0, 0.05) is 38.1 Å². The van der Waals surface area contributed by atoms with Crippen LogP contribution in [0.2, 0.25) is 0 Å². The molecule has 1 aliphatic heterocycles. The topological polar surface area (TPSA) is 91.7 Å². The van der Waals surface area contributed by atoms with E-state index >= 15 is 0 Å². The Kier molecular flexibility index (Phi) is 5.35. The van der Waals surface area contributed by atoms with Crippen molar-refractivity contribution >= 4 is 28.3 Å². The number of H-pyrrole nitrogens is 1. The van der Waals surface area contributed by atoms with E-state index in [1.54, 1.807) is 17.2 Å². The van der Waals surface area contributed by atoms with E-state index in [4.69, 9.17) is 0 Å². The van der Waals surface area contributed by atoms with Crippen LogP contribution in [0.3, 0.4) is 0 Å². The molecule has 1 atom stereocenters. The first kappa shape index (κ1) is 19.3. The van der Waals surface area contributed by atoms with Crippen LogP contribution in [0.25, 0.3) is 16.7 Å². The van der Waals surface area contributed by atoms with Gasteiger partial charge >= 0.3 is 0 Å². The number of para-hydroxylation sites is 2. The number of benzene rings is 1. The van der Waals surface area contributed by atoms with E-state index in [-0.39, 0.29) is 5.78 Å². The van der Waals surface area contributed by atoms with E-state index in [0.29, 0.717) is 18.9 Å². The molecule has 1 aromatic carbocycles. The monoisotopic (exact) mass is 415 g/mol. The van der Waals surface area contributed by atoms with Crippen LogP contribution in [0, 0.1) is 5.92 Å². The molecule has 0 spiro atoms. The van der Waals surface area contributed by atoms with Crippen LogP contribution in [0.15, 0.2) is 61.3 Å². The smallest absolute Gasteiger partial charge is 0.152 e. The van der Waals surface area contributed by atoms with E-state index in [1.807, 2.05) is 48.8 Å². The van der Waals surface area contributed by atoms with E-state index in [1.165, 1.54) is 0 Å². The summed E-state index contributed by atoms with van der Waals surface area (Å²) >= 11 is 0. The van der Waals surface area contributed by atoms with Gasteiger partial charge in [0.15, 0.2) is 5.78 Å². The largest absolute Gasteiger partial charge is 0.376 e. The molecule has 4 aromatic rings. The molecule has 0 aliphatic carbocycles. The van der Waals surface area contributed by atoms with Crippen molar-refractivity contribution in [2.75, 3.05) is 29.9 Å². The molecule has 0 saturated carbocycles. The van der Waals surface area contributed by atoms with Gasteiger partial charge < -0.3 is 15.2 Å². The lowest BCUT2D eigenvalue weighted by atomic mass is 9.92. The third kappa shape index (κ3) is 4.14. The van der Waals surface area contributed by atoms with Crippen molar-refractivity contribution in [2.24, 2.45) is 5.92 Å². The molecule has 0 radical (unpaired) electrons. The lowest BCUT2D eigenvalue weighted by molar-refractivity contribution is -0.118. The Hall–Kier alpha value is -3.68. The Morgan fingerprint density at radius 2 is 2.13 bits per heavy atom. The van der Waals surface area contributed by atoms with Crippen LogP contribution in [-0.4, -0.2) is 50.1 Å². The van der Waals surface area contributed by atoms with Crippen molar-refractivity contribution in [3.8, 4) is 5.69 Å². The van der Waals surface area contributed by atoms with Crippen LogP contribution < -0.4 is 10.2 Å². The summed E-state index contributed by atoms with van der Waals surface area (Å²) in [4.78, 5) is 27.0. The molecule has 1 fully saturated rings. The summed E-state index contributed by atoms with van der Waals surface area (Å²) in [6, 6.07) is 11.8. The number of aromatic amines is 1. The number of carbonyl (C=O) groups is 1. The SMILES string of the molecule is O=C(CNc1ccccc1-n1cccn1)C[C@@H]1CCCN(c2ncnc3[nH]ccc23)C1. The Morgan fingerprint density at radius 1 is 1.19 bits per heavy atom. The van der Waals surface area contributed by atoms with E-state index < -0.39 is 0 Å². The molecule has 1 saturated heterocycles. The van der Waals surface area contributed by atoms with Gasteiger partial charge in [-0.05, 0) is 43.0 Å². The molecule has 3 aromatic heterocycles. The zero-order valence-corrected chi connectivity index (χ0v) is 17.2. The van der Waals surface area contributed by atoms with Crippen LogP contribution in [-0.2, 0) is 4.79 Å². The molecule has 5 rings (SSSR count). The number of hydrogen-bond donors (Lipinski definition) is 2. The number of nitrogens with one attached hydrogen (secondary N) is 2. The molecule has 2 N–H and O–H groups in total. The average Bonchev–Trinajstić information content (AvgIpc) is 3.50. The highest BCUT2D eigenvalue weighted by Gasteiger charge is 2.24. The first-order valence-electron chi connectivity index (χ1n) is 10.7. The van der Waals surface area contributed by atoms with E-state index in [2.05, 4.69) is 30.3 Å². The first-order valence-corrected chi connectivity index (χ1v) is 10.7. The normalized spacial score (nSPS) is 16.5. The highest BCUT2D eigenvalue weighted by molar-refractivity contribution is 5.87. The van der Waals surface area contributed by atoms with Crippen molar-refractivity contribution in [1.29, 1.82) is 0 Å². The lowest BCUT2D eigenvalue weighted by Crippen LogP contribution is -2.37. The molecule has 8 nitrogen and oxygen atoms in total. The van der Waals surface area contributed by atoms with Crippen LogP contribution >= 0.6 is 0 Å². The van der Waals surface area contributed by atoms with Gasteiger partial charge in [-0.3, -0.25) is 4.79 Å². The molecule has 31 heavy (non-hydrogen) atoms. The van der Waals surface area contributed by atoms with Gasteiger partial charge in [0.2, 0.25) is 0 Å². The number of nitrogens with zero attached hydrogens (tertiary/aromatic N) is 5. The third-order valence-corrected chi connectivity index (χ3v) is 5.80. The van der Waals surface area contributed by atoms with Gasteiger partial charge in [0.25, 0.3) is 0 Å². The zero-order chi connectivity index (χ0) is 21.0. The Bertz CT molecular complexity index is 1170. The zero-order valence-electron chi connectivity index (χ0n) is 17.2. The maximum Gasteiger partial charge on any atom is 0.152 e. The lowest BCUT2D eigenvalue weighted by Gasteiger charge is -2.33. The standard InChI is InChI=1S/C23H25N7O/c31-18(14-25-20-6-1-2-7-21(20)30-12-4-9-28-30)13-17-5-3-11-29(15-17)23-19-8-10-24-22(19)26-16-27-23/h1-2,4,6-10,12,16-17,25H,3,5,11,13-15H2,(H,24,26,27)/t17-/m0/s1. The Balaban J connectivity index is 1.21. The average molecular weight is 416 g/mol. The minimum atomic E-state index is 0.219. The second-order valence-corrected chi connectivity index (χ2v) is 7.96. The summed E-state index contributed by atoms with van der Waals surface area (Å²) < 4.78 is 1.80. The predicted molar refractivity (Wildman–Crippen MR) is 121 cm³/mol. The number of anilines is 2. The quantitative estimate of drug-likeness (QED) is 0.480. The molecule has 0 unspecified atom stereocenters. The second kappa shape index (κ2) is 8.59. The molecular weight excluding hydrogens is 390 g/mol. The number of piperidine rings is 1. The summed E-state index contributed by atoms with van der Waals surface area (Å²) in [5, 5.41) is 8.64. The number of ketones is 1. The minimum Gasteiger partial charge on any atom is -0.376 e. The number of hydrogen-bond acceptors (Lipinski definition) is 6. The van der Waals surface area contributed by atoms with Crippen molar-refractivity contribution in [3.05, 3.63) is 61.3 Å². The molecule has 0 bridgehead atoms. The van der Waals surface area contributed by atoms with Gasteiger partial charge in [-0.2, -0.15) is 5.10 Å². The first-order chi connectivity index (χ1) is 15.3. The number of aromatic nitrogens is 5. The van der Waals surface area contributed by atoms with Crippen molar-refractivity contribution in [1.82, 2.24) is 24.7 Å². The number of fused-ring (bicyclic) bond motifs is 1. The molecular formula is C23H25N7O. The molecule has 8 heteroatoms. The maximum atomic E-state index is 12.8. The summed E-state index contributed by atoms with van der Waals surface area (Å²) in [5.74, 6) is 1.50. The molecule has 4 heterocycles. The van der Waals surface area contributed by atoms with E-state index in [0.717, 1.165) is 54.2 Å². The van der Waals surface area contributed by atoms with Crippen LogP contribution in [0.4, 0.5) is 11.5 Å². The van der Waals surface area contributed by atoms with Gasteiger partial charge in [-0.15, -0.1) is 0 Å². The van der Waals surface area contributed by atoms with Crippen LogP contribution in [0.1, 0.15) is 19.3 Å².